The summed E-state index contributed by atoms with van der Waals surface area (Å²) in [6, 6.07) is 8.76. The number of benzene rings is 2. The van der Waals surface area contributed by atoms with Crippen molar-refractivity contribution in [3.05, 3.63) is 73.3 Å². The number of carbonyl (C=O) groups excluding carboxylic acids is 1. The highest BCUT2D eigenvalue weighted by Gasteiger charge is 2.25. The molecule has 1 N–H and O–H groups in total. The van der Waals surface area contributed by atoms with Crippen molar-refractivity contribution in [1.82, 2.24) is 9.36 Å². The van der Waals surface area contributed by atoms with Crippen molar-refractivity contribution in [2.75, 3.05) is 5.32 Å². The fraction of sp³-hybridized carbons (Fsp3) is 0.200. The molecule has 4 rings (SSSR count). The molecule has 0 fully saturated rings. The van der Waals surface area contributed by atoms with Crippen LogP contribution in [0.1, 0.15) is 23.2 Å². The van der Waals surface area contributed by atoms with Gasteiger partial charge in [-0.15, -0.1) is 0 Å². The molecule has 29 heavy (non-hydrogen) atoms. The lowest BCUT2D eigenvalue weighted by Crippen LogP contribution is -2.27. The van der Waals surface area contributed by atoms with E-state index in [-0.39, 0.29) is 32.5 Å². The highest BCUT2D eigenvalue weighted by molar-refractivity contribution is 6.35. The highest BCUT2D eigenvalue weighted by atomic mass is 35.5. The fourth-order valence-electron chi connectivity index (χ4n) is 3.41. The van der Waals surface area contributed by atoms with Crippen LogP contribution in [0.3, 0.4) is 0 Å². The third kappa shape index (κ3) is 3.68. The molecule has 5 nitrogen and oxygen atoms in total. The van der Waals surface area contributed by atoms with E-state index in [1.165, 1.54) is 16.8 Å². The van der Waals surface area contributed by atoms with Gasteiger partial charge >= 0.3 is 0 Å². The Hall–Kier alpha value is -2.28. The van der Waals surface area contributed by atoms with Crippen LogP contribution < -0.4 is 10.9 Å². The van der Waals surface area contributed by atoms with Gasteiger partial charge in [-0.05, 0) is 43.2 Å². The number of nitrogens with zero attached hydrogens (tertiary/aromatic N) is 2. The van der Waals surface area contributed by atoms with Crippen molar-refractivity contribution in [2.24, 2.45) is 0 Å². The second kappa shape index (κ2) is 7.86. The summed E-state index contributed by atoms with van der Waals surface area (Å²) >= 11 is 18.5. The number of hydrogen-bond donors (Lipinski definition) is 1. The molecule has 0 spiro atoms. The van der Waals surface area contributed by atoms with Crippen LogP contribution in [-0.2, 0) is 13.1 Å². The van der Waals surface area contributed by atoms with Crippen LogP contribution in [0.15, 0.2) is 41.2 Å². The lowest BCUT2D eigenvalue weighted by molar-refractivity contribution is 0.102. The molecule has 9 heteroatoms. The Morgan fingerprint density at radius 2 is 1.76 bits per heavy atom. The Morgan fingerprint density at radius 1 is 1.03 bits per heavy atom. The molecular weight excluding hydrogens is 440 g/mol. The smallest absolute Gasteiger partial charge is 0.276 e. The molecule has 0 aliphatic carbocycles. The molecule has 0 saturated heterocycles. The summed E-state index contributed by atoms with van der Waals surface area (Å²) in [5.74, 6) is -1.16. The summed E-state index contributed by atoms with van der Waals surface area (Å²) in [4.78, 5) is 25.3. The Balaban J connectivity index is 1.77. The first-order valence-corrected chi connectivity index (χ1v) is 10.1. The zero-order valence-corrected chi connectivity index (χ0v) is 17.3. The molecular formula is C20H15Cl3FN3O2. The van der Waals surface area contributed by atoms with Crippen molar-refractivity contribution in [3.63, 3.8) is 0 Å². The molecule has 0 saturated carbocycles. The minimum atomic E-state index is -0.696. The second-order valence-corrected chi connectivity index (χ2v) is 7.90. The Kier molecular flexibility index (Phi) is 5.42. The SMILES string of the molecule is O=C(Nc1cc(-c2c(Cl)n3n(c2=O)CCCC3)c(F)cc1Cl)c1cccc(Cl)c1. The van der Waals surface area contributed by atoms with Crippen molar-refractivity contribution in [2.45, 2.75) is 25.9 Å². The van der Waals surface area contributed by atoms with Gasteiger partial charge in [0.25, 0.3) is 11.5 Å². The quantitative estimate of drug-likeness (QED) is 0.571. The molecule has 1 amide bonds. The Morgan fingerprint density at radius 3 is 2.45 bits per heavy atom. The maximum atomic E-state index is 14.7. The first-order valence-electron chi connectivity index (χ1n) is 8.92. The fourth-order valence-corrected chi connectivity index (χ4v) is 4.16. The molecule has 0 radical (unpaired) electrons. The molecule has 0 atom stereocenters. The van der Waals surface area contributed by atoms with Crippen LogP contribution in [0, 0.1) is 5.82 Å². The average molecular weight is 455 g/mol. The molecule has 1 aliphatic rings. The van der Waals surface area contributed by atoms with Crippen molar-refractivity contribution < 1.29 is 9.18 Å². The zero-order chi connectivity index (χ0) is 20.7. The summed E-state index contributed by atoms with van der Waals surface area (Å²) in [6.07, 6.45) is 1.74. The van der Waals surface area contributed by atoms with Gasteiger partial charge in [-0.25, -0.2) is 9.07 Å². The van der Waals surface area contributed by atoms with E-state index in [1.807, 2.05) is 0 Å². The van der Waals surface area contributed by atoms with E-state index >= 15 is 0 Å². The number of aromatic nitrogens is 2. The molecule has 3 aromatic rings. The maximum absolute atomic E-state index is 14.7. The lowest BCUT2D eigenvalue weighted by atomic mass is 10.1. The van der Waals surface area contributed by atoms with Gasteiger partial charge in [-0.3, -0.25) is 14.3 Å². The van der Waals surface area contributed by atoms with Crippen LogP contribution in [0.25, 0.3) is 11.1 Å². The van der Waals surface area contributed by atoms with Gasteiger partial charge < -0.3 is 5.32 Å². The van der Waals surface area contributed by atoms with E-state index in [2.05, 4.69) is 5.32 Å². The number of nitrogens with one attached hydrogen (secondary N) is 1. The molecule has 2 aromatic carbocycles. The second-order valence-electron chi connectivity index (χ2n) is 6.70. The van der Waals surface area contributed by atoms with Crippen LogP contribution in [-0.4, -0.2) is 15.3 Å². The van der Waals surface area contributed by atoms with Gasteiger partial charge in [0.1, 0.15) is 11.0 Å². The molecule has 1 aliphatic heterocycles. The summed E-state index contributed by atoms with van der Waals surface area (Å²) in [7, 11) is 0. The number of anilines is 1. The van der Waals surface area contributed by atoms with Gasteiger partial charge in [-0.1, -0.05) is 40.9 Å². The summed E-state index contributed by atoms with van der Waals surface area (Å²) in [6.45, 7) is 1.10. The third-order valence-electron chi connectivity index (χ3n) is 4.82. The van der Waals surface area contributed by atoms with E-state index < -0.39 is 11.7 Å². The van der Waals surface area contributed by atoms with Gasteiger partial charge in [-0.2, -0.15) is 0 Å². The van der Waals surface area contributed by atoms with Gasteiger partial charge in [0.2, 0.25) is 0 Å². The third-order valence-corrected chi connectivity index (χ3v) is 5.76. The predicted octanol–water partition coefficient (Wildman–Crippen LogP) is 5.46. The number of rotatable bonds is 3. The summed E-state index contributed by atoms with van der Waals surface area (Å²) in [5, 5.41) is 3.21. The number of carbonyl (C=O) groups is 1. The highest BCUT2D eigenvalue weighted by Crippen LogP contribution is 2.35. The zero-order valence-electron chi connectivity index (χ0n) is 15.0. The lowest BCUT2D eigenvalue weighted by Gasteiger charge is -2.17. The first kappa shape index (κ1) is 20.0. The van der Waals surface area contributed by atoms with E-state index in [0.717, 1.165) is 18.9 Å². The van der Waals surface area contributed by atoms with Gasteiger partial charge in [0.15, 0.2) is 0 Å². The standard InChI is InChI=1S/C20H15Cl3FN3O2/c21-12-5-3-4-11(8-12)19(28)25-16-9-13(15(24)10-14(16)22)17-18(23)26-6-1-2-7-27(26)20(17)29/h3-5,8-10H,1-2,6-7H2,(H,25,28). The van der Waals surface area contributed by atoms with Crippen LogP contribution in [0.4, 0.5) is 10.1 Å². The number of amides is 1. The summed E-state index contributed by atoms with van der Waals surface area (Å²) < 4.78 is 17.9. The van der Waals surface area contributed by atoms with Crippen molar-refractivity contribution in [3.8, 4) is 11.1 Å². The molecule has 150 valence electrons. The molecule has 0 bridgehead atoms. The Labute approximate surface area is 180 Å². The van der Waals surface area contributed by atoms with Crippen molar-refractivity contribution >= 4 is 46.4 Å². The van der Waals surface area contributed by atoms with Gasteiger partial charge in [0.05, 0.1) is 16.3 Å². The monoisotopic (exact) mass is 453 g/mol. The molecule has 0 unspecified atom stereocenters. The molecule has 1 aromatic heterocycles. The minimum absolute atomic E-state index is 0.00169. The van der Waals surface area contributed by atoms with Crippen molar-refractivity contribution in [1.29, 1.82) is 0 Å². The number of halogens is 4. The van der Waals surface area contributed by atoms with E-state index in [4.69, 9.17) is 34.8 Å². The number of hydrogen-bond acceptors (Lipinski definition) is 2. The largest absolute Gasteiger partial charge is 0.321 e. The normalized spacial score (nSPS) is 13.2. The topological polar surface area (TPSA) is 56.0 Å². The maximum Gasteiger partial charge on any atom is 0.276 e. The van der Waals surface area contributed by atoms with E-state index in [9.17, 15) is 14.0 Å². The van der Waals surface area contributed by atoms with Gasteiger partial charge in [0, 0.05) is 29.2 Å². The van der Waals surface area contributed by atoms with E-state index in [1.54, 1.807) is 22.9 Å². The average Bonchev–Trinajstić information content (AvgIpc) is 2.95. The minimum Gasteiger partial charge on any atom is -0.321 e. The predicted molar refractivity (Wildman–Crippen MR) is 113 cm³/mol. The molecule has 2 heterocycles. The Bertz CT molecular complexity index is 1190. The first-order chi connectivity index (χ1) is 13.9. The van der Waals surface area contributed by atoms with Crippen LogP contribution >= 0.6 is 34.8 Å². The number of fused-ring (bicyclic) bond motifs is 1. The van der Waals surface area contributed by atoms with Crippen LogP contribution in [0.2, 0.25) is 15.2 Å². The summed E-state index contributed by atoms with van der Waals surface area (Å²) in [5.41, 5.74) is 0.152. The van der Waals surface area contributed by atoms with Crippen LogP contribution in [0.5, 0.6) is 0 Å². The van der Waals surface area contributed by atoms with E-state index in [0.29, 0.717) is 23.7 Å².